The standard InChI is InChI=1S/C15H24N4O2S/c1-3-21-15-17-16-14(22-15)10-18-8-4-6-12(18)13-7-5-9-19(13)11(2)20/h12-13H,3-10H2,1-2H3/t12-,13+/m1/s1. The summed E-state index contributed by atoms with van der Waals surface area (Å²) in [4.78, 5) is 16.4. The lowest BCUT2D eigenvalue weighted by Gasteiger charge is -2.34. The van der Waals surface area contributed by atoms with Gasteiger partial charge in [0.25, 0.3) is 5.19 Å². The molecule has 0 spiro atoms. The zero-order valence-electron chi connectivity index (χ0n) is 13.3. The van der Waals surface area contributed by atoms with Gasteiger partial charge in [-0.25, -0.2) is 0 Å². The number of amides is 1. The fourth-order valence-electron chi connectivity index (χ4n) is 3.73. The molecule has 1 aromatic heterocycles. The molecule has 2 aliphatic heterocycles. The summed E-state index contributed by atoms with van der Waals surface area (Å²) in [7, 11) is 0. The van der Waals surface area contributed by atoms with Gasteiger partial charge in [-0.15, -0.1) is 10.2 Å². The van der Waals surface area contributed by atoms with Gasteiger partial charge < -0.3 is 9.64 Å². The highest BCUT2D eigenvalue weighted by atomic mass is 32.1. The molecule has 3 rings (SSSR count). The van der Waals surface area contributed by atoms with Crippen LogP contribution in [0.3, 0.4) is 0 Å². The molecule has 1 amide bonds. The van der Waals surface area contributed by atoms with E-state index in [1.807, 2.05) is 6.92 Å². The van der Waals surface area contributed by atoms with Crippen LogP contribution in [0.15, 0.2) is 0 Å². The second-order valence-corrected chi connectivity index (χ2v) is 7.02. The van der Waals surface area contributed by atoms with E-state index in [1.165, 1.54) is 24.2 Å². The first-order valence-electron chi connectivity index (χ1n) is 8.15. The zero-order valence-corrected chi connectivity index (χ0v) is 14.1. The van der Waals surface area contributed by atoms with Crippen LogP contribution in [0, 0.1) is 0 Å². The van der Waals surface area contributed by atoms with E-state index < -0.39 is 0 Å². The van der Waals surface area contributed by atoms with Crippen molar-refractivity contribution in [3.05, 3.63) is 5.01 Å². The molecule has 1 aromatic rings. The van der Waals surface area contributed by atoms with Crippen molar-refractivity contribution in [2.75, 3.05) is 19.7 Å². The fraction of sp³-hybridized carbons (Fsp3) is 0.800. The summed E-state index contributed by atoms with van der Waals surface area (Å²) in [5.41, 5.74) is 0. The summed E-state index contributed by atoms with van der Waals surface area (Å²) < 4.78 is 5.40. The van der Waals surface area contributed by atoms with Crippen LogP contribution in [0.5, 0.6) is 5.19 Å². The average molecular weight is 324 g/mol. The minimum atomic E-state index is 0.212. The Hall–Kier alpha value is -1.21. The van der Waals surface area contributed by atoms with Gasteiger partial charge in [-0.2, -0.15) is 0 Å². The van der Waals surface area contributed by atoms with Crippen molar-refractivity contribution < 1.29 is 9.53 Å². The quantitative estimate of drug-likeness (QED) is 0.828. The summed E-state index contributed by atoms with van der Waals surface area (Å²) in [5.74, 6) is 0.212. The summed E-state index contributed by atoms with van der Waals surface area (Å²) >= 11 is 1.53. The highest BCUT2D eigenvalue weighted by molar-refractivity contribution is 7.13. The first kappa shape index (κ1) is 15.7. The number of likely N-dealkylation sites (tertiary alicyclic amines) is 2. The van der Waals surface area contributed by atoms with Gasteiger partial charge in [-0.05, 0) is 39.2 Å². The Morgan fingerprint density at radius 1 is 1.27 bits per heavy atom. The number of rotatable bonds is 5. The molecule has 7 heteroatoms. The Morgan fingerprint density at radius 2 is 2.05 bits per heavy atom. The third-order valence-corrected chi connectivity index (χ3v) is 5.44. The van der Waals surface area contributed by atoms with E-state index in [0.717, 1.165) is 37.5 Å². The SMILES string of the molecule is CCOc1nnc(CN2CCC[C@@H]2[C@@H]2CCCN2C(C)=O)s1. The van der Waals surface area contributed by atoms with Crippen LogP contribution in [0.25, 0.3) is 0 Å². The van der Waals surface area contributed by atoms with Crippen LogP contribution in [0.1, 0.15) is 44.5 Å². The summed E-state index contributed by atoms with van der Waals surface area (Å²) in [6.45, 7) is 7.08. The maximum absolute atomic E-state index is 11.8. The molecule has 2 aliphatic rings. The topological polar surface area (TPSA) is 58.6 Å². The molecule has 22 heavy (non-hydrogen) atoms. The predicted molar refractivity (Wildman–Crippen MR) is 84.9 cm³/mol. The van der Waals surface area contributed by atoms with Crippen LogP contribution in [-0.4, -0.2) is 57.7 Å². The Bertz CT molecular complexity index is 521. The van der Waals surface area contributed by atoms with E-state index in [0.29, 0.717) is 23.9 Å². The van der Waals surface area contributed by atoms with Crippen LogP contribution < -0.4 is 4.74 Å². The summed E-state index contributed by atoms with van der Waals surface area (Å²) in [6, 6.07) is 0.838. The maximum Gasteiger partial charge on any atom is 0.294 e. The number of carbonyl (C=O) groups excluding carboxylic acids is 1. The van der Waals surface area contributed by atoms with Gasteiger partial charge in [0, 0.05) is 25.6 Å². The van der Waals surface area contributed by atoms with E-state index in [2.05, 4.69) is 20.0 Å². The molecule has 0 unspecified atom stereocenters. The van der Waals surface area contributed by atoms with Gasteiger partial charge in [-0.1, -0.05) is 11.3 Å². The Kier molecular flexibility index (Phi) is 4.93. The van der Waals surface area contributed by atoms with Crippen LogP contribution >= 0.6 is 11.3 Å². The first-order chi connectivity index (χ1) is 10.7. The van der Waals surface area contributed by atoms with E-state index >= 15 is 0 Å². The summed E-state index contributed by atoms with van der Waals surface area (Å²) in [5, 5.41) is 9.96. The van der Waals surface area contributed by atoms with Crippen molar-refractivity contribution in [3.8, 4) is 5.19 Å². The highest BCUT2D eigenvalue weighted by Gasteiger charge is 2.38. The van der Waals surface area contributed by atoms with Gasteiger partial charge in [0.15, 0.2) is 0 Å². The molecule has 0 radical (unpaired) electrons. The van der Waals surface area contributed by atoms with Gasteiger partial charge in [-0.3, -0.25) is 9.69 Å². The molecule has 2 atom stereocenters. The van der Waals surface area contributed by atoms with E-state index in [1.54, 1.807) is 6.92 Å². The molecule has 122 valence electrons. The second kappa shape index (κ2) is 6.91. The third-order valence-electron chi connectivity index (χ3n) is 4.62. The monoisotopic (exact) mass is 324 g/mol. The molecule has 2 fully saturated rings. The van der Waals surface area contributed by atoms with E-state index in [4.69, 9.17) is 4.74 Å². The van der Waals surface area contributed by atoms with Crippen molar-refractivity contribution in [3.63, 3.8) is 0 Å². The highest BCUT2D eigenvalue weighted by Crippen LogP contribution is 2.32. The molecule has 0 saturated carbocycles. The Balaban J connectivity index is 1.66. The van der Waals surface area contributed by atoms with Crippen molar-refractivity contribution in [1.29, 1.82) is 0 Å². The summed E-state index contributed by atoms with van der Waals surface area (Å²) in [6.07, 6.45) is 4.62. The van der Waals surface area contributed by atoms with Crippen LogP contribution in [0.2, 0.25) is 0 Å². The molecule has 2 saturated heterocycles. The lowest BCUT2D eigenvalue weighted by molar-refractivity contribution is -0.130. The third kappa shape index (κ3) is 3.25. The van der Waals surface area contributed by atoms with Crippen molar-refractivity contribution in [2.45, 2.75) is 58.2 Å². The molecule has 0 aromatic carbocycles. The van der Waals surface area contributed by atoms with Crippen LogP contribution in [0.4, 0.5) is 0 Å². The number of nitrogens with zero attached hydrogens (tertiary/aromatic N) is 4. The molecule has 0 aliphatic carbocycles. The minimum Gasteiger partial charge on any atom is -0.469 e. The lowest BCUT2D eigenvalue weighted by atomic mass is 10.0. The van der Waals surface area contributed by atoms with Crippen molar-refractivity contribution in [2.24, 2.45) is 0 Å². The minimum absolute atomic E-state index is 0.212. The number of hydrogen-bond acceptors (Lipinski definition) is 6. The largest absolute Gasteiger partial charge is 0.469 e. The smallest absolute Gasteiger partial charge is 0.294 e. The Morgan fingerprint density at radius 3 is 2.82 bits per heavy atom. The van der Waals surface area contributed by atoms with Gasteiger partial charge in [0.2, 0.25) is 5.91 Å². The van der Waals surface area contributed by atoms with Crippen molar-refractivity contribution >= 4 is 17.2 Å². The fourth-order valence-corrected chi connectivity index (χ4v) is 4.50. The van der Waals surface area contributed by atoms with Gasteiger partial charge >= 0.3 is 0 Å². The number of carbonyl (C=O) groups is 1. The normalized spacial score (nSPS) is 25.8. The molecular weight excluding hydrogens is 300 g/mol. The molecule has 0 N–H and O–H groups in total. The molecular formula is C15H24N4O2S. The average Bonchev–Trinajstić information content (AvgIpc) is 3.19. The predicted octanol–water partition coefficient (Wildman–Crippen LogP) is 1.91. The molecule has 3 heterocycles. The van der Waals surface area contributed by atoms with E-state index in [-0.39, 0.29) is 5.91 Å². The number of hydrogen-bond donors (Lipinski definition) is 0. The number of ether oxygens (including phenoxy) is 1. The van der Waals surface area contributed by atoms with Gasteiger partial charge in [0.05, 0.1) is 13.2 Å². The molecule has 0 bridgehead atoms. The molecule has 6 nitrogen and oxygen atoms in total. The van der Waals surface area contributed by atoms with Gasteiger partial charge in [0.1, 0.15) is 5.01 Å². The Labute approximate surface area is 135 Å². The zero-order chi connectivity index (χ0) is 15.5. The first-order valence-corrected chi connectivity index (χ1v) is 8.97. The second-order valence-electron chi connectivity index (χ2n) is 6.00. The maximum atomic E-state index is 11.8. The van der Waals surface area contributed by atoms with Crippen LogP contribution in [-0.2, 0) is 11.3 Å². The van der Waals surface area contributed by atoms with Crippen molar-refractivity contribution in [1.82, 2.24) is 20.0 Å². The number of aromatic nitrogens is 2. The van der Waals surface area contributed by atoms with E-state index in [9.17, 15) is 4.79 Å². The lowest BCUT2D eigenvalue weighted by Crippen LogP contribution is -2.47.